The summed E-state index contributed by atoms with van der Waals surface area (Å²) in [5.74, 6) is -0.116. The molecule has 0 saturated carbocycles. The monoisotopic (exact) mass is 255 g/mol. The van der Waals surface area contributed by atoms with Crippen LogP contribution in [-0.2, 0) is 0 Å². The fraction of sp³-hybridized carbons (Fsp3) is 0.571. The number of methoxy groups -OCH3 is 1. The van der Waals surface area contributed by atoms with Crippen LogP contribution in [0.15, 0.2) is 18.2 Å². The number of benzene rings is 1. The molecular weight excluding hydrogens is 233 g/mol. The van der Waals surface area contributed by atoms with Crippen LogP contribution < -0.4 is 10.1 Å². The SMILES string of the molecule is CCCC(O)CNC(C)c1ccc(F)c(OC)c1. The van der Waals surface area contributed by atoms with Crippen LogP contribution in [0.5, 0.6) is 5.75 Å². The fourth-order valence-corrected chi connectivity index (χ4v) is 1.81. The summed E-state index contributed by atoms with van der Waals surface area (Å²) < 4.78 is 18.2. The van der Waals surface area contributed by atoms with Crippen molar-refractivity contribution in [3.8, 4) is 5.75 Å². The van der Waals surface area contributed by atoms with Crippen molar-refractivity contribution in [2.24, 2.45) is 0 Å². The quantitative estimate of drug-likeness (QED) is 0.787. The number of halogens is 1. The van der Waals surface area contributed by atoms with Crippen molar-refractivity contribution >= 4 is 0 Å². The standard InChI is InChI=1S/C14H22FNO2/c1-4-5-12(17)9-16-10(2)11-6-7-13(15)14(8-11)18-3/h6-8,10,12,16-17H,4-5,9H2,1-3H3. The third-order valence-corrected chi connectivity index (χ3v) is 2.96. The minimum absolute atomic E-state index is 0.0472. The Balaban J connectivity index is 2.58. The van der Waals surface area contributed by atoms with Crippen LogP contribution >= 0.6 is 0 Å². The average molecular weight is 255 g/mol. The highest BCUT2D eigenvalue weighted by Gasteiger charge is 2.11. The number of nitrogens with one attached hydrogen (secondary N) is 1. The Kier molecular flexibility index (Phi) is 6.09. The van der Waals surface area contributed by atoms with E-state index < -0.39 is 0 Å². The predicted octanol–water partition coefficient (Wildman–Crippen LogP) is 2.65. The van der Waals surface area contributed by atoms with Crippen LogP contribution in [-0.4, -0.2) is 24.9 Å². The summed E-state index contributed by atoms with van der Waals surface area (Å²) in [6, 6.07) is 4.85. The van der Waals surface area contributed by atoms with Gasteiger partial charge < -0.3 is 15.2 Å². The van der Waals surface area contributed by atoms with Gasteiger partial charge in [0.25, 0.3) is 0 Å². The van der Waals surface area contributed by atoms with Crippen molar-refractivity contribution in [3.63, 3.8) is 0 Å². The van der Waals surface area contributed by atoms with E-state index in [1.807, 2.05) is 13.8 Å². The second-order valence-corrected chi connectivity index (χ2v) is 4.47. The zero-order valence-corrected chi connectivity index (χ0v) is 11.2. The Morgan fingerprint density at radius 1 is 1.44 bits per heavy atom. The van der Waals surface area contributed by atoms with Crippen molar-refractivity contribution in [1.29, 1.82) is 0 Å². The average Bonchev–Trinajstić information content (AvgIpc) is 2.37. The topological polar surface area (TPSA) is 41.5 Å². The molecule has 0 bridgehead atoms. The van der Waals surface area contributed by atoms with E-state index in [4.69, 9.17) is 4.74 Å². The van der Waals surface area contributed by atoms with Gasteiger partial charge in [0.15, 0.2) is 11.6 Å². The number of aliphatic hydroxyl groups excluding tert-OH is 1. The minimum atomic E-state index is -0.362. The first kappa shape index (κ1) is 14.9. The van der Waals surface area contributed by atoms with E-state index in [0.717, 1.165) is 18.4 Å². The molecule has 0 fully saturated rings. The lowest BCUT2D eigenvalue weighted by atomic mass is 10.1. The molecule has 2 atom stereocenters. The Labute approximate surface area is 108 Å². The van der Waals surface area contributed by atoms with Gasteiger partial charge in [-0.25, -0.2) is 4.39 Å². The second kappa shape index (κ2) is 7.34. The molecule has 102 valence electrons. The molecule has 0 aromatic heterocycles. The molecule has 0 aliphatic rings. The van der Waals surface area contributed by atoms with E-state index in [1.54, 1.807) is 12.1 Å². The Bertz CT molecular complexity index is 371. The van der Waals surface area contributed by atoms with E-state index in [-0.39, 0.29) is 23.7 Å². The molecule has 1 aromatic rings. The molecule has 18 heavy (non-hydrogen) atoms. The number of rotatable bonds is 7. The van der Waals surface area contributed by atoms with Gasteiger partial charge in [-0.05, 0) is 31.0 Å². The van der Waals surface area contributed by atoms with Crippen molar-refractivity contribution in [2.75, 3.05) is 13.7 Å². The molecule has 0 radical (unpaired) electrons. The molecule has 1 aromatic carbocycles. The van der Waals surface area contributed by atoms with Gasteiger partial charge in [-0.15, -0.1) is 0 Å². The molecule has 4 heteroatoms. The lowest BCUT2D eigenvalue weighted by Gasteiger charge is -2.18. The largest absolute Gasteiger partial charge is 0.494 e. The minimum Gasteiger partial charge on any atom is -0.494 e. The third kappa shape index (κ3) is 4.27. The maximum Gasteiger partial charge on any atom is 0.165 e. The van der Waals surface area contributed by atoms with Crippen molar-refractivity contribution in [3.05, 3.63) is 29.6 Å². The highest BCUT2D eigenvalue weighted by molar-refractivity contribution is 5.31. The second-order valence-electron chi connectivity index (χ2n) is 4.47. The summed E-state index contributed by atoms with van der Waals surface area (Å²) in [6.07, 6.45) is 1.41. The molecule has 2 unspecified atom stereocenters. The van der Waals surface area contributed by atoms with Gasteiger partial charge in [0.2, 0.25) is 0 Å². The molecule has 0 aliphatic heterocycles. The van der Waals surface area contributed by atoms with Crippen LogP contribution in [0.2, 0.25) is 0 Å². The van der Waals surface area contributed by atoms with E-state index >= 15 is 0 Å². The van der Waals surface area contributed by atoms with Gasteiger partial charge in [0.1, 0.15) is 0 Å². The molecule has 0 saturated heterocycles. The van der Waals surface area contributed by atoms with Crippen LogP contribution in [0.3, 0.4) is 0 Å². The van der Waals surface area contributed by atoms with Crippen molar-refractivity contribution < 1.29 is 14.2 Å². The molecule has 0 aliphatic carbocycles. The third-order valence-electron chi connectivity index (χ3n) is 2.96. The molecule has 2 N–H and O–H groups in total. The molecule has 1 rings (SSSR count). The lowest BCUT2D eigenvalue weighted by molar-refractivity contribution is 0.157. The fourth-order valence-electron chi connectivity index (χ4n) is 1.81. The van der Waals surface area contributed by atoms with Crippen LogP contribution in [0.4, 0.5) is 4.39 Å². The molecule has 0 amide bonds. The van der Waals surface area contributed by atoms with E-state index in [1.165, 1.54) is 13.2 Å². The number of hydrogen-bond donors (Lipinski definition) is 2. The Morgan fingerprint density at radius 3 is 2.78 bits per heavy atom. The van der Waals surface area contributed by atoms with E-state index in [0.29, 0.717) is 6.54 Å². The normalized spacial score (nSPS) is 14.3. The highest BCUT2D eigenvalue weighted by Crippen LogP contribution is 2.22. The van der Waals surface area contributed by atoms with E-state index in [2.05, 4.69) is 5.32 Å². The van der Waals surface area contributed by atoms with Crippen molar-refractivity contribution in [2.45, 2.75) is 38.8 Å². The molecular formula is C14H22FNO2. The first-order chi connectivity index (χ1) is 8.58. The molecule has 3 nitrogen and oxygen atoms in total. The summed E-state index contributed by atoms with van der Waals surface area (Å²) in [5, 5.41) is 12.9. The summed E-state index contributed by atoms with van der Waals surface area (Å²) in [4.78, 5) is 0. The Hall–Kier alpha value is -1.13. The first-order valence-electron chi connectivity index (χ1n) is 6.33. The highest BCUT2D eigenvalue weighted by atomic mass is 19.1. The first-order valence-corrected chi connectivity index (χ1v) is 6.33. The maximum atomic E-state index is 13.3. The number of hydrogen-bond acceptors (Lipinski definition) is 3. The van der Waals surface area contributed by atoms with Crippen LogP contribution in [0.25, 0.3) is 0 Å². The summed E-state index contributed by atoms with van der Waals surface area (Å²) in [5.41, 5.74) is 0.942. The summed E-state index contributed by atoms with van der Waals surface area (Å²) in [6.45, 7) is 4.55. The van der Waals surface area contributed by atoms with Crippen molar-refractivity contribution in [1.82, 2.24) is 5.32 Å². The van der Waals surface area contributed by atoms with Gasteiger partial charge in [0, 0.05) is 12.6 Å². The summed E-state index contributed by atoms with van der Waals surface area (Å²) >= 11 is 0. The molecule has 0 spiro atoms. The van der Waals surface area contributed by atoms with Gasteiger partial charge in [-0.3, -0.25) is 0 Å². The molecule has 0 heterocycles. The smallest absolute Gasteiger partial charge is 0.165 e. The van der Waals surface area contributed by atoms with Crippen LogP contribution in [0, 0.1) is 5.82 Å². The van der Waals surface area contributed by atoms with Gasteiger partial charge in [-0.2, -0.15) is 0 Å². The number of aliphatic hydroxyl groups is 1. The van der Waals surface area contributed by atoms with E-state index in [9.17, 15) is 9.50 Å². The zero-order valence-electron chi connectivity index (χ0n) is 11.2. The Morgan fingerprint density at radius 2 is 2.17 bits per heavy atom. The van der Waals surface area contributed by atoms with Crippen LogP contribution in [0.1, 0.15) is 38.3 Å². The zero-order chi connectivity index (χ0) is 13.5. The number of ether oxygens (including phenoxy) is 1. The predicted molar refractivity (Wildman–Crippen MR) is 70.3 cm³/mol. The van der Waals surface area contributed by atoms with Gasteiger partial charge >= 0.3 is 0 Å². The lowest BCUT2D eigenvalue weighted by Crippen LogP contribution is -2.29. The summed E-state index contributed by atoms with van der Waals surface area (Å²) in [7, 11) is 1.45. The maximum absolute atomic E-state index is 13.3. The van der Waals surface area contributed by atoms with Gasteiger partial charge in [-0.1, -0.05) is 19.4 Å². The van der Waals surface area contributed by atoms with Gasteiger partial charge in [0.05, 0.1) is 13.2 Å².